The average Bonchev–Trinajstić information content (AvgIpc) is 2.56. The molecule has 0 saturated heterocycles. The summed E-state index contributed by atoms with van der Waals surface area (Å²) in [7, 11) is 0. The lowest BCUT2D eigenvalue weighted by molar-refractivity contribution is -0.159. The summed E-state index contributed by atoms with van der Waals surface area (Å²) in [4.78, 5) is 28.1. The molecule has 6 heteroatoms. The van der Waals surface area contributed by atoms with Gasteiger partial charge in [0.25, 0.3) is 0 Å². The minimum atomic E-state index is -1.82. The van der Waals surface area contributed by atoms with E-state index >= 15 is 0 Å². The van der Waals surface area contributed by atoms with Crippen molar-refractivity contribution in [3.05, 3.63) is 22.4 Å². The lowest BCUT2D eigenvalue weighted by Crippen LogP contribution is -2.09. The molecule has 1 rings (SSSR count). The van der Waals surface area contributed by atoms with E-state index in [4.69, 9.17) is 19.8 Å². The van der Waals surface area contributed by atoms with E-state index in [2.05, 4.69) is 0 Å². The molecule has 1 heterocycles. The van der Waals surface area contributed by atoms with Crippen LogP contribution < -0.4 is 0 Å². The van der Waals surface area contributed by atoms with Crippen molar-refractivity contribution in [3.63, 3.8) is 0 Å². The minimum absolute atomic E-state index is 0.769. The Balaban J connectivity index is 0.000000226. The maximum atomic E-state index is 9.87. The highest BCUT2D eigenvalue weighted by Gasteiger charge is 2.04. The van der Waals surface area contributed by atoms with Crippen LogP contribution in [0.2, 0.25) is 0 Å². The summed E-state index contributed by atoms with van der Waals surface area (Å²) in [6.07, 6.45) is 0.844. The molecular formula is C7H6O5S. The molecule has 0 aliphatic rings. The van der Waals surface area contributed by atoms with Crippen LogP contribution in [0.25, 0.3) is 0 Å². The Hall–Kier alpha value is -1.69. The second-order valence-electron chi connectivity index (χ2n) is 1.78. The fraction of sp³-hybridized carbons (Fsp3) is 0. The van der Waals surface area contributed by atoms with Gasteiger partial charge in [0.05, 0.1) is 0 Å². The van der Waals surface area contributed by atoms with Crippen molar-refractivity contribution in [3.8, 4) is 0 Å². The van der Waals surface area contributed by atoms with Crippen LogP contribution >= 0.6 is 11.3 Å². The Morgan fingerprint density at radius 1 is 1.31 bits per heavy atom. The van der Waals surface area contributed by atoms with Crippen LogP contribution in [0.4, 0.5) is 0 Å². The lowest BCUT2D eigenvalue weighted by atomic mass is 10.4. The Morgan fingerprint density at radius 2 is 1.85 bits per heavy atom. The molecule has 0 aliphatic heterocycles. The zero-order valence-electron chi connectivity index (χ0n) is 6.34. The number of hydrogen-bond donors (Lipinski definition) is 2. The van der Waals surface area contributed by atoms with Crippen molar-refractivity contribution in [1.82, 2.24) is 0 Å². The van der Waals surface area contributed by atoms with Crippen LogP contribution in [0.3, 0.4) is 0 Å². The normalized spacial score (nSPS) is 8.00. The molecule has 2 N–H and O–H groups in total. The number of aldehydes is 1. The number of aliphatic carboxylic acids is 2. The third-order valence-electron chi connectivity index (χ3n) is 0.862. The van der Waals surface area contributed by atoms with Gasteiger partial charge in [0.2, 0.25) is 0 Å². The van der Waals surface area contributed by atoms with Gasteiger partial charge in [0.15, 0.2) is 6.29 Å². The smallest absolute Gasteiger partial charge is 0.414 e. The summed E-state index contributed by atoms with van der Waals surface area (Å²) in [5.41, 5.74) is 0.769. The summed E-state index contributed by atoms with van der Waals surface area (Å²) in [5, 5.41) is 18.5. The maximum Gasteiger partial charge on any atom is 0.414 e. The molecule has 1 aromatic rings. The predicted octanol–water partition coefficient (Wildman–Crippen LogP) is 0.716. The third kappa shape index (κ3) is 5.57. The fourth-order valence-electron chi connectivity index (χ4n) is 0.342. The van der Waals surface area contributed by atoms with Gasteiger partial charge in [0, 0.05) is 10.9 Å². The first-order valence-corrected chi connectivity index (χ1v) is 3.95. The van der Waals surface area contributed by atoms with Crippen LogP contribution in [0.1, 0.15) is 10.4 Å². The second-order valence-corrected chi connectivity index (χ2v) is 2.56. The second kappa shape index (κ2) is 5.90. The minimum Gasteiger partial charge on any atom is -0.473 e. The van der Waals surface area contributed by atoms with Crippen LogP contribution in [0.15, 0.2) is 16.8 Å². The van der Waals surface area contributed by atoms with Crippen molar-refractivity contribution >= 4 is 29.6 Å². The quantitative estimate of drug-likeness (QED) is 0.517. The molecule has 0 bridgehead atoms. The summed E-state index contributed by atoms with van der Waals surface area (Å²) in [6.45, 7) is 0. The van der Waals surface area contributed by atoms with Crippen LogP contribution in [0, 0.1) is 0 Å². The Kier molecular flexibility index (Phi) is 5.13. The molecule has 0 radical (unpaired) electrons. The van der Waals surface area contributed by atoms with Crippen molar-refractivity contribution in [2.24, 2.45) is 0 Å². The van der Waals surface area contributed by atoms with E-state index in [1.165, 1.54) is 11.3 Å². The number of rotatable bonds is 1. The molecule has 5 nitrogen and oxygen atoms in total. The predicted molar refractivity (Wildman–Crippen MR) is 45.0 cm³/mol. The number of hydrogen-bond acceptors (Lipinski definition) is 4. The maximum absolute atomic E-state index is 9.87. The first kappa shape index (κ1) is 11.3. The van der Waals surface area contributed by atoms with Crippen molar-refractivity contribution in [2.75, 3.05) is 0 Å². The highest BCUT2D eigenvalue weighted by atomic mass is 32.1. The topological polar surface area (TPSA) is 91.7 Å². The number of carboxylic acids is 2. The fourth-order valence-corrected chi connectivity index (χ4v) is 0.948. The van der Waals surface area contributed by atoms with E-state index in [-0.39, 0.29) is 0 Å². The van der Waals surface area contributed by atoms with Gasteiger partial charge in [-0.1, -0.05) is 0 Å². The van der Waals surface area contributed by atoms with E-state index in [1.807, 2.05) is 10.8 Å². The molecule has 0 unspecified atom stereocenters. The highest BCUT2D eigenvalue weighted by Crippen LogP contribution is 2.00. The number of carbonyl (C=O) groups excluding carboxylic acids is 1. The van der Waals surface area contributed by atoms with Gasteiger partial charge in [-0.3, -0.25) is 4.79 Å². The molecule has 0 amide bonds. The largest absolute Gasteiger partial charge is 0.473 e. The molecule has 0 aromatic carbocycles. The van der Waals surface area contributed by atoms with Gasteiger partial charge in [-0.05, 0) is 11.4 Å². The van der Waals surface area contributed by atoms with Gasteiger partial charge < -0.3 is 10.2 Å². The molecule has 0 saturated carbocycles. The Morgan fingerprint density at radius 3 is 2.00 bits per heavy atom. The molecule has 70 valence electrons. The Bertz CT molecular complexity index is 278. The molecule has 0 aliphatic carbocycles. The van der Waals surface area contributed by atoms with E-state index in [0.717, 1.165) is 11.8 Å². The van der Waals surface area contributed by atoms with E-state index in [0.29, 0.717) is 0 Å². The summed E-state index contributed by atoms with van der Waals surface area (Å²) >= 11 is 1.53. The number of carboxylic acid groups (broad SMARTS) is 2. The van der Waals surface area contributed by atoms with Crippen LogP contribution in [0.5, 0.6) is 0 Å². The molecule has 0 fully saturated rings. The van der Waals surface area contributed by atoms with Gasteiger partial charge in [0.1, 0.15) is 0 Å². The molecule has 1 aromatic heterocycles. The van der Waals surface area contributed by atoms with Gasteiger partial charge in [-0.2, -0.15) is 11.3 Å². The van der Waals surface area contributed by atoms with E-state index in [1.54, 1.807) is 6.07 Å². The van der Waals surface area contributed by atoms with Crippen molar-refractivity contribution < 1.29 is 24.6 Å². The van der Waals surface area contributed by atoms with E-state index in [9.17, 15) is 4.79 Å². The third-order valence-corrected chi connectivity index (χ3v) is 1.56. The zero-order valence-corrected chi connectivity index (χ0v) is 7.15. The molecule has 0 spiro atoms. The Labute approximate surface area is 77.2 Å². The standard InChI is InChI=1S/C5H4OS.C2H2O4/c6-3-5-1-2-7-4-5;3-1(4)2(5)6/h1-4H;(H,3,4)(H,5,6). The highest BCUT2D eigenvalue weighted by molar-refractivity contribution is 7.08. The average molecular weight is 202 g/mol. The van der Waals surface area contributed by atoms with Gasteiger partial charge >= 0.3 is 11.9 Å². The number of carbonyl (C=O) groups is 3. The summed E-state index contributed by atoms with van der Waals surface area (Å²) < 4.78 is 0. The zero-order chi connectivity index (χ0) is 10.3. The molecule has 0 atom stereocenters. The summed E-state index contributed by atoms with van der Waals surface area (Å²) in [5.74, 6) is -3.65. The van der Waals surface area contributed by atoms with Gasteiger partial charge in [-0.15, -0.1) is 0 Å². The SMILES string of the molecule is O=C(O)C(=O)O.O=Cc1ccsc1. The number of thiophene rings is 1. The molecule has 13 heavy (non-hydrogen) atoms. The molecular weight excluding hydrogens is 196 g/mol. The van der Waals surface area contributed by atoms with Crippen LogP contribution in [-0.4, -0.2) is 28.4 Å². The monoisotopic (exact) mass is 202 g/mol. The van der Waals surface area contributed by atoms with E-state index < -0.39 is 11.9 Å². The first-order valence-electron chi connectivity index (χ1n) is 3.01. The lowest BCUT2D eigenvalue weighted by Gasteiger charge is -1.72. The van der Waals surface area contributed by atoms with Crippen LogP contribution in [-0.2, 0) is 9.59 Å². The summed E-state index contributed by atoms with van der Waals surface area (Å²) in [6, 6.07) is 1.79. The van der Waals surface area contributed by atoms with Crippen molar-refractivity contribution in [2.45, 2.75) is 0 Å². The van der Waals surface area contributed by atoms with Gasteiger partial charge in [-0.25, -0.2) is 9.59 Å². The first-order chi connectivity index (χ1) is 6.07. The van der Waals surface area contributed by atoms with Crippen molar-refractivity contribution in [1.29, 1.82) is 0 Å².